The van der Waals surface area contributed by atoms with Gasteiger partial charge >= 0.3 is 0 Å². The molecule has 0 spiro atoms. The summed E-state index contributed by atoms with van der Waals surface area (Å²) in [5.41, 5.74) is 6.53. The molecule has 2 heterocycles. The van der Waals surface area contributed by atoms with Gasteiger partial charge in [0.15, 0.2) is 5.82 Å². The third-order valence-corrected chi connectivity index (χ3v) is 3.25. The number of rotatable bonds is 4. The Kier molecular flexibility index (Phi) is 3.72. The molecule has 0 radical (unpaired) electrons. The topological polar surface area (TPSA) is 74.1 Å². The van der Waals surface area contributed by atoms with E-state index in [4.69, 9.17) is 5.73 Å². The van der Waals surface area contributed by atoms with Gasteiger partial charge in [-0.2, -0.15) is 10.4 Å². The van der Waals surface area contributed by atoms with Gasteiger partial charge in [0.1, 0.15) is 17.5 Å². The fourth-order valence-corrected chi connectivity index (χ4v) is 2.18. The van der Waals surface area contributed by atoms with Crippen LogP contribution in [-0.2, 0) is 6.54 Å². The Hall–Kier alpha value is -1.74. The van der Waals surface area contributed by atoms with Gasteiger partial charge in [-0.25, -0.2) is 4.68 Å². The number of hydrogen-bond acceptors (Lipinski definition) is 5. The predicted octanol–water partition coefficient (Wildman–Crippen LogP) is 0.499. The summed E-state index contributed by atoms with van der Waals surface area (Å²) in [5.74, 6) is 1.24. The molecule has 0 atom stereocenters. The van der Waals surface area contributed by atoms with E-state index in [1.165, 1.54) is 0 Å². The van der Waals surface area contributed by atoms with Crippen LogP contribution in [0.15, 0.2) is 0 Å². The molecule has 6 heteroatoms. The molecule has 98 valence electrons. The first-order valence-corrected chi connectivity index (χ1v) is 6.29. The summed E-state index contributed by atoms with van der Waals surface area (Å²) in [6.07, 6.45) is 2.32. The number of nitriles is 1. The van der Waals surface area contributed by atoms with Crippen molar-refractivity contribution >= 4 is 11.6 Å². The highest BCUT2D eigenvalue weighted by Crippen LogP contribution is 2.27. The molecule has 1 fully saturated rings. The van der Waals surface area contributed by atoms with Gasteiger partial charge < -0.3 is 15.5 Å². The van der Waals surface area contributed by atoms with Gasteiger partial charge in [-0.3, -0.25) is 0 Å². The minimum Gasteiger partial charge on any atom is -0.383 e. The summed E-state index contributed by atoms with van der Waals surface area (Å²) in [7, 11) is 4.01. The summed E-state index contributed by atoms with van der Waals surface area (Å²) in [6, 6.07) is 2.19. The number of nitrogens with zero attached hydrogens (tertiary/aromatic N) is 5. The molecule has 1 aromatic rings. The standard InChI is InChI=1S/C12H20N6/c1-16(2)7-8-18-11(14)10(9-13)12(15-18)17-5-3-4-6-17/h3-8,14H2,1-2H3. The van der Waals surface area contributed by atoms with Crippen molar-refractivity contribution in [3.8, 4) is 6.07 Å². The first-order chi connectivity index (χ1) is 8.63. The molecule has 0 saturated carbocycles. The molecule has 0 amide bonds. The number of nitrogen functional groups attached to an aromatic ring is 1. The first kappa shape index (κ1) is 12.7. The van der Waals surface area contributed by atoms with Gasteiger partial charge in [0, 0.05) is 19.6 Å². The number of anilines is 2. The molecule has 18 heavy (non-hydrogen) atoms. The lowest BCUT2D eigenvalue weighted by Gasteiger charge is -2.14. The Bertz CT molecular complexity index is 450. The van der Waals surface area contributed by atoms with Crippen LogP contribution in [0, 0.1) is 11.3 Å². The fourth-order valence-electron chi connectivity index (χ4n) is 2.18. The van der Waals surface area contributed by atoms with Gasteiger partial charge in [0.05, 0.1) is 6.54 Å². The van der Waals surface area contributed by atoms with Crippen molar-refractivity contribution < 1.29 is 0 Å². The van der Waals surface area contributed by atoms with Gasteiger partial charge in [-0.1, -0.05) is 0 Å². The minimum atomic E-state index is 0.487. The van der Waals surface area contributed by atoms with E-state index in [1.54, 1.807) is 4.68 Å². The Morgan fingerprint density at radius 2 is 2.06 bits per heavy atom. The first-order valence-electron chi connectivity index (χ1n) is 6.29. The zero-order valence-corrected chi connectivity index (χ0v) is 11.1. The molecule has 0 unspecified atom stereocenters. The highest BCUT2D eigenvalue weighted by molar-refractivity contribution is 5.65. The van der Waals surface area contributed by atoms with Crippen LogP contribution < -0.4 is 10.6 Å². The van der Waals surface area contributed by atoms with E-state index in [2.05, 4.69) is 21.0 Å². The molecule has 6 nitrogen and oxygen atoms in total. The largest absolute Gasteiger partial charge is 0.383 e. The number of hydrogen-bond donors (Lipinski definition) is 1. The van der Waals surface area contributed by atoms with E-state index in [-0.39, 0.29) is 0 Å². The van der Waals surface area contributed by atoms with Crippen LogP contribution in [0.1, 0.15) is 18.4 Å². The Balaban J connectivity index is 2.24. The maximum absolute atomic E-state index is 9.23. The molecule has 2 rings (SSSR count). The summed E-state index contributed by atoms with van der Waals surface area (Å²) < 4.78 is 1.74. The van der Waals surface area contributed by atoms with Crippen molar-refractivity contribution in [1.82, 2.24) is 14.7 Å². The predicted molar refractivity (Wildman–Crippen MR) is 71.4 cm³/mol. The molecule has 0 aromatic carbocycles. The maximum Gasteiger partial charge on any atom is 0.170 e. The molecule has 0 bridgehead atoms. The lowest BCUT2D eigenvalue weighted by molar-refractivity contribution is 0.375. The van der Waals surface area contributed by atoms with Crippen LogP contribution >= 0.6 is 0 Å². The van der Waals surface area contributed by atoms with E-state index in [9.17, 15) is 5.26 Å². The van der Waals surface area contributed by atoms with Gasteiger partial charge in [0.2, 0.25) is 0 Å². The van der Waals surface area contributed by atoms with E-state index in [0.717, 1.165) is 38.3 Å². The van der Waals surface area contributed by atoms with Crippen LogP contribution in [-0.4, -0.2) is 48.4 Å². The van der Waals surface area contributed by atoms with Crippen molar-refractivity contribution in [3.05, 3.63) is 5.56 Å². The average molecular weight is 248 g/mol. The van der Waals surface area contributed by atoms with E-state index in [1.807, 2.05) is 14.1 Å². The second kappa shape index (κ2) is 5.27. The van der Waals surface area contributed by atoms with E-state index >= 15 is 0 Å². The van der Waals surface area contributed by atoms with E-state index in [0.29, 0.717) is 17.9 Å². The molecule has 1 saturated heterocycles. The van der Waals surface area contributed by atoms with Crippen LogP contribution in [0.25, 0.3) is 0 Å². The third kappa shape index (κ3) is 2.41. The fraction of sp³-hybridized carbons (Fsp3) is 0.667. The maximum atomic E-state index is 9.23. The number of nitrogens with two attached hydrogens (primary N) is 1. The highest BCUT2D eigenvalue weighted by atomic mass is 15.4. The van der Waals surface area contributed by atoms with Crippen molar-refractivity contribution in [2.75, 3.05) is 44.4 Å². The Morgan fingerprint density at radius 1 is 1.39 bits per heavy atom. The van der Waals surface area contributed by atoms with Crippen LogP contribution in [0.3, 0.4) is 0 Å². The monoisotopic (exact) mass is 248 g/mol. The van der Waals surface area contributed by atoms with Gasteiger partial charge in [-0.05, 0) is 26.9 Å². The quantitative estimate of drug-likeness (QED) is 0.840. The smallest absolute Gasteiger partial charge is 0.170 e. The Morgan fingerprint density at radius 3 is 2.61 bits per heavy atom. The van der Waals surface area contributed by atoms with E-state index < -0.39 is 0 Å². The molecule has 1 aliphatic rings. The summed E-state index contributed by atoms with van der Waals surface area (Å²) >= 11 is 0. The third-order valence-electron chi connectivity index (χ3n) is 3.25. The zero-order valence-electron chi connectivity index (χ0n) is 11.1. The average Bonchev–Trinajstić information content (AvgIpc) is 2.94. The molecule has 1 aliphatic heterocycles. The molecular formula is C12H20N6. The second-order valence-electron chi connectivity index (χ2n) is 4.92. The normalized spacial score (nSPS) is 15.3. The van der Waals surface area contributed by atoms with Crippen molar-refractivity contribution in [2.45, 2.75) is 19.4 Å². The van der Waals surface area contributed by atoms with Crippen molar-refractivity contribution in [3.63, 3.8) is 0 Å². The Labute approximate surface area is 108 Å². The van der Waals surface area contributed by atoms with Gasteiger partial charge in [-0.15, -0.1) is 0 Å². The lowest BCUT2D eigenvalue weighted by atomic mass is 10.3. The van der Waals surface area contributed by atoms with Crippen LogP contribution in [0.4, 0.5) is 11.6 Å². The molecule has 1 aromatic heterocycles. The molecule has 2 N–H and O–H groups in total. The number of aromatic nitrogens is 2. The van der Waals surface area contributed by atoms with Crippen molar-refractivity contribution in [2.24, 2.45) is 0 Å². The lowest BCUT2D eigenvalue weighted by Crippen LogP contribution is -2.21. The SMILES string of the molecule is CN(C)CCn1nc(N2CCCC2)c(C#N)c1N. The summed E-state index contributed by atoms with van der Waals surface area (Å²) in [6.45, 7) is 3.51. The summed E-state index contributed by atoms with van der Waals surface area (Å²) in [4.78, 5) is 4.23. The zero-order chi connectivity index (χ0) is 13.1. The molecular weight excluding hydrogens is 228 g/mol. The number of likely N-dealkylation sites (N-methyl/N-ethyl adjacent to an activating group) is 1. The highest BCUT2D eigenvalue weighted by Gasteiger charge is 2.22. The van der Waals surface area contributed by atoms with Crippen LogP contribution in [0.2, 0.25) is 0 Å². The summed E-state index contributed by atoms with van der Waals surface area (Å²) in [5, 5.41) is 13.7. The molecule has 0 aliphatic carbocycles. The minimum absolute atomic E-state index is 0.487. The van der Waals surface area contributed by atoms with Gasteiger partial charge in [0.25, 0.3) is 0 Å². The van der Waals surface area contributed by atoms with Crippen LogP contribution in [0.5, 0.6) is 0 Å². The second-order valence-corrected chi connectivity index (χ2v) is 4.92. The van der Waals surface area contributed by atoms with Crippen molar-refractivity contribution in [1.29, 1.82) is 5.26 Å².